The zero-order chi connectivity index (χ0) is 13.1. The maximum absolute atomic E-state index is 12.1. The molecule has 0 radical (unpaired) electrons. The second kappa shape index (κ2) is 5.29. The monoisotopic (exact) mass is 247 g/mol. The van der Waals surface area contributed by atoms with Crippen LogP contribution in [0.1, 0.15) is 43.0 Å². The first-order valence-electron chi connectivity index (χ1n) is 6.52. The molecule has 1 fully saturated rings. The Morgan fingerprint density at radius 1 is 1.22 bits per heavy atom. The van der Waals surface area contributed by atoms with E-state index in [9.17, 15) is 4.79 Å². The third-order valence-corrected chi connectivity index (χ3v) is 3.67. The predicted molar refractivity (Wildman–Crippen MR) is 74.2 cm³/mol. The van der Waals surface area contributed by atoms with Crippen LogP contribution in [0.3, 0.4) is 0 Å². The van der Waals surface area contributed by atoms with Gasteiger partial charge in [0.2, 0.25) is 0 Å². The van der Waals surface area contributed by atoms with Gasteiger partial charge in [-0.25, -0.2) is 0 Å². The summed E-state index contributed by atoms with van der Waals surface area (Å²) in [4.78, 5) is 12.1. The van der Waals surface area contributed by atoms with Gasteiger partial charge in [-0.1, -0.05) is 6.92 Å². The number of rotatable bonds is 2. The summed E-state index contributed by atoms with van der Waals surface area (Å²) in [7, 11) is 0. The third-order valence-electron chi connectivity index (χ3n) is 3.67. The fourth-order valence-corrected chi connectivity index (χ4v) is 2.46. The Labute approximate surface area is 108 Å². The van der Waals surface area contributed by atoms with Gasteiger partial charge in [-0.05, 0) is 49.8 Å². The van der Waals surface area contributed by atoms with Crippen LogP contribution < -0.4 is 16.8 Å². The van der Waals surface area contributed by atoms with Crippen LogP contribution in [0.15, 0.2) is 18.2 Å². The smallest absolute Gasteiger partial charge is 0.253 e. The number of hydrogen-bond acceptors (Lipinski definition) is 3. The first kappa shape index (κ1) is 12.7. The number of hydrogen-bond donors (Lipinski definition) is 3. The lowest BCUT2D eigenvalue weighted by atomic mass is 9.87. The number of benzene rings is 1. The Morgan fingerprint density at radius 3 is 2.50 bits per heavy atom. The second-order valence-electron chi connectivity index (χ2n) is 5.28. The van der Waals surface area contributed by atoms with E-state index in [1.54, 1.807) is 18.2 Å². The summed E-state index contributed by atoms with van der Waals surface area (Å²) in [6.07, 6.45) is 4.48. The summed E-state index contributed by atoms with van der Waals surface area (Å²) in [5.41, 5.74) is 13.0. The largest absolute Gasteiger partial charge is 0.399 e. The summed E-state index contributed by atoms with van der Waals surface area (Å²) in [6, 6.07) is 5.29. The second-order valence-corrected chi connectivity index (χ2v) is 5.28. The van der Waals surface area contributed by atoms with Gasteiger partial charge in [-0.15, -0.1) is 0 Å². The number of anilines is 2. The quantitative estimate of drug-likeness (QED) is 0.700. The van der Waals surface area contributed by atoms with Crippen LogP contribution in [0.2, 0.25) is 0 Å². The highest BCUT2D eigenvalue weighted by molar-refractivity contribution is 5.99. The van der Waals surface area contributed by atoms with Gasteiger partial charge in [-0.3, -0.25) is 4.79 Å². The molecule has 1 amide bonds. The third kappa shape index (κ3) is 2.94. The topological polar surface area (TPSA) is 81.1 Å². The maximum atomic E-state index is 12.1. The molecule has 1 saturated carbocycles. The van der Waals surface area contributed by atoms with Crippen molar-refractivity contribution in [3.63, 3.8) is 0 Å². The molecule has 1 aliphatic rings. The molecule has 0 spiro atoms. The van der Waals surface area contributed by atoms with E-state index >= 15 is 0 Å². The van der Waals surface area contributed by atoms with E-state index in [-0.39, 0.29) is 11.9 Å². The highest BCUT2D eigenvalue weighted by Gasteiger charge is 2.20. The van der Waals surface area contributed by atoms with E-state index in [2.05, 4.69) is 12.2 Å². The van der Waals surface area contributed by atoms with Crippen LogP contribution in [0.4, 0.5) is 11.4 Å². The van der Waals surface area contributed by atoms with Crippen molar-refractivity contribution < 1.29 is 4.79 Å². The van der Waals surface area contributed by atoms with E-state index in [1.807, 2.05) is 0 Å². The molecule has 1 aliphatic carbocycles. The molecule has 2 rings (SSSR count). The summed E-state index contributed by atoms with van der Waals surface area (Å²) < 4.78 is 0. The first-order valence-corrected chi connectivity index (χ1v) is 6.52. The minimum atomic E-state index is -0.0907. The first-order chi connectivity index (χ1) is 8.56. The van der Waals surface area contributed by atoms with Gasteiger partial charge < -0.3 is 16.8 Å². The minimum absolute atomic E-state index is 0.0907. The van der Waals surface area contributed by atoms with Crippen molar-refractivity contribution in [1.29, 1.82) is 0 Å². The van der Waals surface area contributed by atoms with Gasteiger partial charge in [0.15, 0.2) is 0 Å². The van der Waals surface area contributed by atoms with Crippen LogP contribution in [-0.2, 0) is 0 Å². The maximum Gasteiger partial charge on any atom is 0.253 e. The van der Waals surface area contributed by atoms with Crippen molar-refractivity contribution in [3.8, 4) is 0 Å². The number of carbonyl (C=O) groups excluding carboxylic acids is 1. The lowest BCUT2D eigenvalue weighted by Gasteiger charge is -2.27. The number of amides is 1. The van der Waals surface area contributed by atoms with Crippen molar-refractivity contribution in [2.45, 2.75) is 38.6 Å². The van der Waals surface area contributed by atoms with E-state index in [0.717, 1.165) is 18.8 Å². The van der Waals surface area contributed by atoms with E-state index in [4.69, 9.17) is 11.5 Å². The zero-order valence-corrected chi connectivity index (χ0v) is 10.8. The molecule has 0 atom stereocenters. The number of carbonyl (C=O) groups is 1. The van der Waals surface area contributed by atoms with Crippen molar-refractivity contribution in [1.82, 2.24) is 5.32 Å². The van der Waals surface area contributed by atoms with Crippen molar-refractivity contribution in [2.75, 3.05) is 11.5 Å². The van der Waals surface area contributed by atoms with Gasteiger partial charge in [0.05, 0.1) is 5.56 Å². The Balaban J connectivity index is 1.99. The zero-order valence-electron chi connectivity index (χ0n) is 10.8. The molecule has 0 bridgehead atoms. The normalized spacial score (nSPS) is 23.6. The molecule has 4 nitrogen and oxygen atoms in total. The fraction of sp³-hybridized carbons (Fsp3) is 0.500. The molecule has 0 saturated heterocycles. The highest BCUT2D eigenvalue weighted by Crippen LogP contribution is 2.24. The van der Waals surface area contributed by atoms with E-state index < -0.39 is 0 Å². The fourth-order valence-electron chi connectivity index (χ4n) is 2.46. The summed E-state index contributed by atoms with van der Waals surface area (Å²) in [5, 5.41) is 3.06. The lowest BCUT2D eigenvalue weighted by Crippen LogP contribution is -2.37. The van der Waals surface area contributed by atoms with Gasteiger partial charge in [-0.2, -0.15) is 0 Å². The average Bonchev–Trinajstić information content (AvgIpc) is 2.32. The molecule has 1 aromatic carbocycles. The number of nitrogens with two attached hydrogens (primary N) is 2. The Hall–Kier alpha value is -1.71. The molecule has 18 heavy (non-hydrogen) atoms. The van der Waals surface area contributed by atoms with Gasteiger partial charge in [0.25, 0.3) is 5.91 Å². The molecule has 0 aromatic heterocycles. The minimum Gasteiger partial charge on any atom is -0.399 e. The number of nitrogens with one attached hydrogen (secondary N) is 1. The van der Waals surface area contributed by atoms with Gasteiger partial charge in [0, 0.05) is 17.4 Å². The highest BCUT2D eigenvalue weighted by atomic mass is 16.1. The van der Waals surface area contributed by atoms with Crippen molar-refractivity contribution >= 4 is 17.3 Å². The van der Waals surface area contributed by atoms with Gasteiger partial charge >= 0.3 is 0 Å². The van der Waals surface area contributed by atoms with E-state index in [0.29, 0.717) is 16.9 Å². The summed E-state index contributed by atoms with van der Waals surface area (Å²) in [5.74, 6) is 0.687. The van der Waals surface area contributed by atoms with Crippen molar-refractivity contribution in [2.24, 2.45) is 5.92 Å². The molecule has 0 heterocycles. The molecular weight excluding hydrogens is 226 g/mol. The Morgan fingerprint density at radius 2 is 1.89 bits per heavy atom. The average molecular weight is 247 g/mol. The van der Waals surface area contributed by atoms with Gasteiger partial charge in [0.1, 0.15) is 0 Å². The van der Waals surface area contributed by atoms with Crippen LogP contribution in [0.5, 0.6) is 0 Å². The molecule has 98 valence electrons. The van der Waals surface area contributed by atoms with Crippen LogP contribution in [0.25, 0.3) is 0 Å². The molecule has 1 aromatic rings. The summed E-state index contributed by atoms with van der Waals surface area (Å²) in [6.45, 7) is 2.26. The van der Waals surface area contributed by atoms with E-state index in [1.165, 1.54) is 12.8 Å². The molecule has 4 heteroatoms. The predicted octanol–water partition coefficient (Wildman–Crippen LogP) is 2.16. The van der Waals surface area contributed by atoms with Crippen molar-refractivity contribution in [3.05, 3.63) is 23.8 Å². The molecular formula is C14H21N3O. The standard InChI is InChI=1S/C14H21N3O/c1-9-2-5-11(6-3-9)17-14(18)12-7-4-10(15)8-13(12)16/h4,7-9,11H,2-3,5-6,15-16H2,1H3,(H,17,18). The Kier molecular flexibility index (Phi) is 3.75. The molecule has 5 N–H and O–H groups in total. The number of nitrogen functional groups attached to an aromatic ring is 2. The SMILES string of the molecule is CC1CCC(NC(=O)c2ccc(N)cc2N)CC1. The Bertz CT molecular complexity index is 437. The van der Waals surface area contributed by atoms with Crippen LogP contribution in [-0.4, -0.2) is 11.9 Å². The molecule has 0 aliphatic heterocycles. The van der Waals surface area contributed by atoms with Crippen LogP contribution >= 0.6 is 0 Å². The summed E-state index contributed by atoms with van der Waals surface area (Å²) >= 11 is 0. The molecule has 0 unspecified atom stereocenters. The lowest BCUT2D eigenvalue weighted by molar-refractivity contribution is 0.0924. The van der Waals surface area contributed by atoms with Crippen LogP contribution in [0, 0.1) is 5.92 Å².